The van der Waals surface area contributed by atoms with E-state index in [9.17, 15) is 15.3 Å². The lowest BCUT2D eigenvalue weighted by Crippen LogP contribution is -2.57. The minimum atomic E-state index is -1.42. The van der Waals surface area contributed by atoms with Crippen molar-refractivity contribution >= 4 is 17.4 Å². The fourth-order valence-corrected chi connectivity index (χ4v) is 1.34. The van der Waals surface area contributed by atoms with Crippen LogP contribution < -0.4 is 0 Å². The molecule has 7 heteroatoms. The number of aliphatic hydroxyl groups is 4. The molecule has 0 spiro atoms. The molecular weight excluding hydrogens is 210 g/mol. The maximum atomic E-state index is 9.36. The molecule has 0 aromatic heterocycles. The van der Waals surface area contributed by atoms with Crippen LogP contribution >= 0.6 is 12.2 Å². The van der Waals surface area contributed by atoms with E-state index < -0.39 is 37.3 Å². The second kappa shape index (κ2) is 4.90. The van der Waals surface area contributed by atoms with Gasteiger partial charge in [0.15, 0.2) is 6.23 Å². The van der Waals surface area contributed by atoms with Crippen LogP contribution in [0.3, 0.4) is 0 Å². The molecule has 1 fully saturated rings. The van der Waals surface area contributed by atoms with Crippen LogP contribution in [0.15, 0.2) is 4.99 Å². The summed E-state index contributed by atoms with van der Waals surface area (Å²) in [5, 5.41) is 38.8. The van der Waals surface area contributed by atoms with Gasteiger partial charge in [-0.15, -0.1) is 0 Å². The summed E-state index contributed by atoms with van der Waals surface area (Å²) in [5.41, 5.74) is 0. The predicted molar refractivity (Wildman–Crippen MR) is 48.8 cm³/mol. The van der Waals surface area contributed by atoms with E-state index in [1.165, 1.54) is 0 Å². The Hall–Kier alpha value is -0.400. The maximum Gasteiger partial charge on any atom is 0.186 e. The third-order valence-electron chi connectivity index (χ3n) is 2.05. The Kier molecular flexibility index (Phi) is 4.09. The van der Waals surface area contributed by atoms with Gasteiger partial charge in [0, 0.05) is 0 Å². The SMILES string of the molecule is OC[C@H]1O[C@@H](N=C=S)[C@H](O)[C@@H](O)[C@@H]1O. The largest absolute Gasteiger partial charge is 0.394 e. The molecule has 0 aliphatic carbocycles. The first-order chi connectivity index (χ1) is 6.61. The molecule has 1 rings (SSSR count). The third kappa shape index (κ3) is 2.15. The van der Waals surface area contributed by atoms with Crippen LogP contribution in [-0.2, 0) is 4.74 Å². The normalized spacial score (nSPS) is 43.0. The van der Waals surface area contributed by atoms with Gasteiger partial charge in [0.1, 0.15) is 24.4 Å². The molecule has 0 radical (unpaired) electrons. The Morgan fingerprint density at radius 1 is 1.21 bits per heavy atom. The lowest BCUT2D eigenvalue weighted by atomic mass is 9.99. The van der Waals surface area contributed by atoms with E-state index in [0.717, 1.165) is 0 Å². The molecule has 5 atom stereocenters. The average molecular weight is 221 g/mol. The van der Waals surface area contributed by atoms with Gasteiger partial charge in [0.2, 0.25) is 0 Å². The summed E-state index contributed by atoms with van der Waals surface area (Å²) in [6.45, 7) is -0.478. The van der Waals surface area contributed by atoms with Gasteiger partial charge in [-0.05, 0) is 12.2 Å². The van der Waals surface area contributed by atoms with Gasteiger partial charge in [0.05, 0.1) is 11.8 Å². The topological polar surface area (TPSA) is 103 Å². The first-order valence-electron chi connectivity index (χ1n) is 3.99. The van der Waals surface area contributed by atoms with Crippen LogP contribution in [-0.4, -0.2) is 62.8 Å². The van der Waals surface area contributed by atoms with Gasteiger partial charge >= 0.3 is 0 Å². The smallest absolute Gasteiger partial charge is 0.186 e. The number of isothiocyanates is 1. The number of hydrogen-bond donors (Lipinski definition) is 4. The first kappa shape index (κ1) is 11.7. The van der Waals surface area contributed by atoms with E-state index in [4.69, 9.17) is 9.84 Å². The summed E-state index contributed by atoms with van der Waals surface area (Å²) in [6.07, 6.45) is -6.21. The Balaban J connectivity index is 2.77. The minimum Gasteiger partial charge on any atom is -0.394 e. The van der Waals surface area contributed by atoms with Crippen LogP contribution in [0.1, 0.15) is 0 Å². The van der Waals surface area contributed by atoms with Crippen molar-refractivity contribution in [1.29, 1.82) is 0 Å². The van der Waals surface area contributed by atoms with Crippen LogP contribution in [0.25, 0.3) is 0 Å². The zero-order valence-electron chi connectivity index (χ0n) is 7.15. The molecule has 0 aromatic carbocycles. The maximum absolute atomic E-state index is 9.36. The highest BCUT2D eigenvalue weighted by atomic mass is 32.1. The Morgan fingerprint density at radius 2 is 1.86 bits per heavy atom. The lowest BCUT2D eigenvalue weighted by Gasteiger charge is -2.37. The number of nitrogens with zero attached hydrogens (tertiary/aromatic N) is 1. The van der Waals surface area contributed by atoms with Crippen molar-refractivity contribution in [2.24, 2.45) is 4.99 Å². The molecule has 0 aromatic rings. The molecule has 0 amide bonds. The summed E-state index contributed by atoms with van der Waals surface area (Å²) in [4.78, 5) is 3.46. The number of aliphatic hydroxyl groups excluding tert-OH is 4. The van der Waals surface area contributed by atoms with Crippen molar-refractivity contribution in [2.45, 2.75) is 30.6 Å². The van der Waals surface area contributed by atoms with Crippen molar-refractivity contribution in [3.8, 4) is 0 Å². The third-order valence-corrected chi connectivity index (χ3v) is 2.15. The molecule has 1 aliphatic rings. The summed E-state index contributed by atoms with van der Waals surface area (Å²) >= 11 is 4.31. The van der Waals surface area contributed by atoms with Crippen molar-refractivity contribution in [1.82, 2.24) is 0 Å². The molecule has 1 heterocycles. The molecule has 80 valence electrons. The minimum absolute atomic E-state index is 0.478. The summed E-state index contributed by atoms with van der Waals surface area (Å²) < 4.78 is 4.97. The molecule has 1 aliphatic heterocycles. The number of rotatable bonds is 2. The van der Waals surface area contributed by atoms with Gasteiger partial charge in [0.25, 0.3) is 0 Å². The van der Waals surface area contributed by atoms with Gasteiger partial charge < -0.3 is 25.2 Å². The molecule has 14 heavy (non-hydrogen) atoms. The predicted octanol–water partition coefficient (Wildman–Crippen LogP) is -2.11. The van der Waals surface area contributed by atoms with E-state index in [1.54, 1.807) is 0 Å². The van der Waals surface area contributed by atoms with E-state index in [-0.39, 0.29) is 0 Å². The van der Waals surface area contributed by atoms with Crippen LogP contribution in [0.2, 0.25) is 0 Å². The van der Waals surface area contributed by atoms with E-state index in [0.29, 0.717) is 0 Å². The Labute approximate surface area is 85.5 Å². The van der Waals surface area contributed by atoms with E-state index in [1.807, 2.05) is 5.16 Å². The number of aliphatic imine (C=N–C) groups is 1. The zero-order valence-corrected chi connectivity index (χ0v) is 7.96. The van der Waals surface area contributed by atoms with Gasteiger partial charge in [-0.1, -0.05) is 0 Å². The Morgan fingerprint density at radius 3 is 2.36 bits per heavy atom. The fraction of sp³-hybridized carbons (Fsp3) is 0.857. The standard InChI is InChI=1S/C7H11NO5S/c9-1-3-4(10)5(11)6(12)7(13-3)8-2-14/h3-7,9-12H,1H2/t3-,4-,5+,6-,7-/m1/s1. The van der Waals surface area contributed by atoms with E-state index >= 15 is 0 Å². The lowest BCUT2D eigenvalue weighted by molar-refractivity contribution is -0.226. The fourth-order valence-electron chi connectivity index (χ4n) is 1.24. The first-order valence-corrected chi connectivity index (χ1v) is 4.40. The second-order valence-corrected chi connectivity index (χ2v) is 3.12. The highest BCUT2D eigenvalue weighted by molar-refractivity contribution is 7.78. The number of hydrogen-bond acceptors (Lipinski definition) is 7. The van der Waals surface area contributed by atoms with Crippen molar-refractivity contribution in [3.63, 3.8) is 0 Å². The van der Waals surface area contributed by atoms with Crippen LogP contribution in [0, 0.1) is 0 Å². The van der Waals surface area contributed by atoms with Gasteiger partial charge in [-0.25, -0.2) is 0 Å². The van der Waals surface area contributed by atoms with Crippen LogP contribution in [0.4, 0.5) is 0 Å². The average Bonchev–Trinajstić information content (AvgIpc) is 2.19. The number of thiocarbonyl (C=S) groups is 1. The summed E-state index contributed by atoms with van der Waals surface area (Å²) in [7, 11) is 0. The molecule has 0 saturated carbocycles. The highest BCUT2D eigenvalue weighted by Gasteiger charge is 2.43. The monoisotopic (exact) mass is 221 g/mol. The molecule has 0 bridgehead atoms. The van der Waals surface area contributed by atoms with Gasteiger partial charge in [-0.2, -0.15) is 4.99 Å². The number of ether oxygens (including phenoxy) is 1. The van der Waals surface area contributed by atoms with Crippen molar-refractivity contribution < 1.29 is 25.2 Å². The second-order valence-electron chi connectivity index (χ2n) is 2.94. The summed E-state index contributed by atoms with van der Waals surface area (Å²) in [5.74, 6) is 0. The molecular formula is C7H11NO5S. The van der Waals surface area contributed by atoms with Gasteiger partial charge in [-0.3, -0.25) is 0 Å². The summed E-state index contributed by atoms with van der Waals surface area (Å²) in [6, 6.07) is 0. The van der Waals surface area contributed by atoms with Crippen LogP contribution in [0.5, 0.6) is 0 Å². The Bertz CT molecular complexity index is 242. The molecule has 4 N–H and O–H groups in total. The van der Waals surface area contributed by atoms with Crippen molar-refractivity contribution in [2.75, 3.05) is 6.61 Å². The highest BCUT2D eigenvalue weighted by Crippen LogP contribution is 2.21. The molecule has 1 saturated heterocycles. The zero-order chi connectivity index (χ0) is 10.7. The molecule has 0 unspecified atom stereocenters. The van der Waals surface area contributed by atoms with Crippen molar-refractivity contribution in [3.05, 3.63) is 0 Å². The molecule has 6 nitrogen and oxygen atoms in total. The quantitative estimate of drug-likeness (QED) is 0.314. The van der Waals surface area contributed by atoms with E-state index in [2.05, 4.69) is 17.2 Å².